The van der Waals surface area contributed by atoms with E-state index in [-0.39, 0.29) is 0 Å². The minimum absolute atomic E-state index is 0.681. The van der Waals surface area contributed by atoms with Gasteiger partial charge >= 0.3 is 0 Å². The van der Waals surface area contributed by atoms with Crippen LogP contribution in [0.5, 0.6) is 0 Å². The van der Waals surface area contributed by atoms with Crippen LogP contribution < -0.4 is 0 Å². The fraction of sp³-hybridized carbons (Fsp3) is 1.00. The molecule has 0 aromatic heterocycles. The van der Waals surface area contributed by atoms with Crippen molar-refractivity contribution < 1.29 is 14.2 Å². The number of hydrogen-bond donors (Lipinski definition) is 0. The minimum atomic E-state index is 0.681. The normalized spacial score (nSPS) is 11.7. The summed E-state index contributed by atoms with van der Waals surface area (Å²) in [7, 11) is 0. The summed E-state index contributed by atoms with van der Waals surface area (Å²) >= 11 is 0. The van der Waals surface area contributed by atoms with Crippen LogP contribution >= 0.6 is 0 Å². The van der Waals surface area contributed by atoms with Gasteiger partial charge in [0.2, 0.25) is 0 Å². The summed E-state index contributed by atoms with van der Waals surface area (Å²) in [5.41, 5.74) is 0. The quantitative estimate of drug-likeness (QED) is 0.350. The van der Waals surface area contributed by atoms with Gasteiger partial charge in [-0.15, -0.1) is 0 Å². The zero-order valence-corrected chi connectivity index (χ0v) is 15.6. The van der Waals surface area contributed by atoms with Gasteiger partial charge < -0.3 is 14.2 Å². The Hall–Kier alpha value is -0.120. The van der Waals surface area contributed by atoms with Crippen molar-refractivity contribution in [1.82, 2.24) is 0 Å². The Kier molecular flexibility index (Phi) is 17.1. The molecule has 3 heteroatoms. The molecule has 0 aromatic rings. The van der Waals surface area contributed by atoms with Gasteiger partial charge in [-0.25, -0.2) is 0 Å². The third kappa shape index (κ3) is 19.9. The van der Waals surface area contributed by atoms with Gasteiger partial charge in [0, 0.05) is 13.2 Å². The topological polar surface area (TPSA) is 27.7 Å². The van der Waals surface area contributed by atoms with Gasteiger partial charge in [0.05, 0.1) is 26.4 Å². The van der Waals surface area contributed by atoms with Crippen molar-refractivity contribution in [3.63, 3.8) is 0 Å². The molecule has 0 aromatic carbocycles. The molecule has 0 saturated carbocycles. The van der Waals surface area contributed by atoms with E-state index in [2.05, 4.69) is 27.7 Å². The molecule has 0 spiro atoms. The summed E-state index contributed by atoms with van der Waals surface area (Å²) in [6, 6.07) is 0. The fourth-order valence-corrected chi connectivity index (χ4v) is 2.25. The highest BCUT2D eigenvalue weighted by molar-refractivity contribution is 4.48. The van der Waals surface area contributed by atoms with Crippen LogP contribution in [0, 0.1) is 11.8 Å². The maximum Gasteiger partial charge on any atom is 0.0701 e. The maximum atomic E-state index is 5.57. The van der Waals surface area contributed by atoms with E-state index in [4.69, 9.17) is 14.2 Å². The highest BCUT2D eigenvalue weighted by Gasteiger charge is 1.96. The van der Waals surface area contributed by atoms with Crippen molar-refractivity contribution >= 4 is 0 Å². The number of ether oxygens (including phenoxy) is 3. The van der Waals surface area contributed by atoms with Crippen LogP contribution in [0.25, 0.3) is 0 Å². The van der Waals surface area contributed by atoms with Crippen molar-refractivity contribution in [3.05, 3.63) is 0 Å². The standard InChI is InChI=1S/C19H40O3/c1-18(2)10-7-5-6-8-12-20-14-16-22-17-15-21-13-9-11-19(3)4/h18-19H,5-17H2,1-4H3. The smallest absolute Gasteiger partial charge is 0.0701 e. The summed E-state index contributed by atoms with van der Waals surface area (Å²) in [4.78, 5) is 0. The predicted molar refractivity (Wildman–Crippen MR) is 94.5 cm³/mol. The van der Waals surface area contributed by atoms with Gasteiger partial charge in [-0.2, -0.15) is 0 Å². The van der Waals surface area contributed by atoms with E-state index in [9.17, 15) is 0 Å². The Balaban J connectivity index is 2.97. The molecule has 0 amide bonds. The molecule has 0 saturated heterocycles. The highest BCUT2D eigenvalue weighted by Crippen LogP contribution is 2.09. The van der Waals surface area contributed by atoms with Crippen LogP contribution in [0.4, 0.5) is 0 Å². The Morgan fingerprint density at radius 2 is 0.864 bits per heavy atom. The third-order valence-corrected chi connectivity index (χ3v) is 3.63. The predicted octanol–water partition coefficient (Wildman–Crippen LogP) is 5.08. The second-order valence-corrected chi connectivity index (χ2v) is 6.97. The van der Waals surface area contributed by atoms with Gasteiger partial charge in [0.15, 0.2) is 0 Å². The summed E-state index contributed by atoms with van der Waals surface area (Å²) < 4.78 is 16.6. The molecular formula is C19H40O3. The van der Waals surface area contributed by atoms with Crippen LogP contribution in [0.2, 0.25) is 0 Å². The molecule has 0 N–H and O–H groups in total. The largest absolute Gasteiger partial charge is 0.379 e. The van der Waals surface area contributed by atoms with E-state index in [1.54, 1.807) is 0 Å². The van der Waals surface area contributed by atoms with Crippen molar-refractivity contribution in [2.24, 2.45) is 11.8 Å². The van der Waals surface area contributed by atoms with Gasteiger partial charge in [-0.1, -0.05) is 53.4 Å². The summed E-state index contributed by atoms with van der Waals surface area (Å²) in [6.07, 6.45) is 8.91. The number of rotatable bonds is 17. The van der Waals surface area contributed by atoms with Crippen LogP contribution in [-0.2, 0) is 14.2 Å². The van der Waals surface area contributed by atoms with E-state index >= 15 is 0 Å². The molecule has 0 aliphatic heterocycles. The zero-order valence-electron chi connectivity index (χ0n) is 15.6. The molecular weight excluding hydrogens is 276 g/mol. The van der Waals surface area contributed by atoms with Crippen LogP contribution in [0.3, 0.4) is 0 Å². The average molecular weight is 317 g/mol. The lowest BCUT2D eigenvalue weighted by Gasteiger charge is -2.08. The zero-order chi connectivity index (χ0) is 16.5. The molecule has 0 aliphatic rings. The van der Waals surface area contributed by atoms with Gasteiger partial charge in [0.1, 0.15) is 0 Å². The second kappa shape index (κ2) is 17.2. The van der Waals surface area contributed by atoms with Crippen molar-refractivity contribution in [2.45, 2.75) is 72.6 Å². The molecule has 0 bridgehead atoms. The molecule has 0 rings (SSSR count). The third-order valence-electron chi connectivity index (χ3n) is 3.63. The van der Waals surface area contributed by atoms with E-state index in [0.717, 1.165) is 31.5 Å². The Morgan fingerprint density at radius 1 is 0.455 bits per heavy atom. The van der Waals surface area contributed by atoms with Crippen molar-refractivity contribution in [2.75, 3.05) is 39.6 Å². The van der Waals surface area contributed by atoms with E-state index in [1.165, 1.54) is 38.5 Å². The van der Waals surface area contributed by atoms with E-state index < -0.39 is 0 Å². The van der Waals surface area contributed by atoms with Crippen LogP contribution in [0.15, 0.2) is 0 Å². The maximum absolute atomic E-state index is 5.57. The highest BCUT2D eigenvalue weighted by atomic mass is 16.5. The molecule has 0 atom stereocenters. The summed E-state index contributed by atoms with van der Waals surface area (Å²) in [6.45, 7) is 13.6. The Bertz CT molecular complexity index is 183. The fourth-order valence-electron chi connectivity index (χ4n) is 2.25. The van der Waals surface area contributed by atoms with Gasteiger partial charge in [-0.05, 0) is 31.1 Å². The summed E-state index contributed by atoms with van der Waals surface area (Å²) in [5.74, 6) is 1.61. The van der Waals surface area contributed by atoms with E-state index in [0.29, 0.717) is 26.4 Å². The first kappa shape index (κ1) is 21.9. The molecule has 0 heterocycles. The van der Waals surface area contributed by atoms with E-state index in [1.807, 2.05) is 0 Å². The molecule has 0 unspecified atom stereocenters. The average Bonchev–Trinajstić information content (AvgIpc) is 2.46. The first-order chi connectivity index (χ1) is 10.6. The van der Waals surface area contributed by atoms with Gasteiger partial charge in [-0.3, -0.25) is 0 Å². The number of unbranched alkanes of at least 4 members (excludes halogenated alkanes) is 3. The molecule has 0 fully saturated rings. The van der Waals surface area contributed by atoms with Gasteiger partial charge in [0.25, 0.3) is 0 Å². The molecule has 0 aliphatic carbocycles. The number of hydrogen-bond acceptors (Lipinski definition) is 3. The van der Waals surface area contributed by atoms with Crippen molar-refractivity contribution in [3.8, 4) is 0 Å². The SMILES string of the molecule is CC(C)CCCCCCOCCOCCOCCCC(C)C. The molecule has 3 nitrogen and oxygen atoms in total. The monoisotopic (exact) mass is 316 g/mol. The van der Waals surface area contributed by atoms with Crippen molar-refractivity contribution in [1.29, 1.82) is 0 Å². The lowest BCUT2D eigenvalue weighted by molar-refractivity contribution is 0.0129. The lowest BCUT2D eigenvalue weighted by atomic mass is 10.0. The molecule has 134 valence electrons. The second-order valence-electron chi connectivity index (χ2n) is 6.97. The van der Waals surface area contributed by atoms with Crippen LogP contribution in [-0.4, -0.2) is 39.6 Å². The Labute approximate surface area is 139 Å². The first-order valence-corrected chi connectivity index (χ1v) is 9.36. The Morgan fingerprint density at radius 3 is 1.41 bits per heavy atom. The lowest BCUT2D eigenvalue weighted by Crippen LogP contribution is -2.10. The van der Waals surface area contributed by atoms with Crippen LogP contribution in [0.1, 0.15) is 72.6 Å². The molecule has 22 heavy (non-hydrogen) atoms. The molecule has 0 radical (unpaired) electrons. The first-order valence-electron chi connectivity index (χ1n) is 9.36. The minimum Gasteiger partial charge on any atom is -0.379 e. The summed E-state index contributed by atoms with van der Waals surface area (Å²) in [5, 5.41) is 0.